The minimum Gasteiger partial charge on any atom is -0.914 e. The molecule has 0 radical (unpaired) electrons. The first-order valence-electron chi connectivity index (χ1n) is 8.46. The van der Waals surface area contributed by atoms with Crippen molar-refractivity contribution in [3.63, 3.8) is 0 Å². The Labute approximate surface area is 197 Å². The summed E-state index contributed by atoms with van der Waals surface area (Å²) in [5.41, 5.74) is 1.81. The number of hydrogen-bond donors (Lipinski definition) is 0. The average Bonchev–Trinajstić information content (AvgIpc) is 3.13. The molecule has 1 N–H and O–H groups in total. The van der Waals surface area contributed by atoms with E-state index in [9.17, 15) is 10.2 Å². The molecule has 132 valence electrons. The molecule has 5 aromatic rings. The maximum Gasteiger partial charge on any atom is 1.00 e. The molecule has 0 fully saturated rings. The third-order valence-electron chi connectivity index (χ3n) is 4.14. The van der Waals surface area contributed by atoms with Gasteiger partial charge in [0.15, 0.2) is 0 Å². The van der Waals surface area contributed by atoms with Gasteiger partial charge in [0.25, 0.3) is 5.01 Å². The SMILES string of the molecule is [Li+].[Li+].[O-]c1cccc2ccc[c-]c12.[O-]c1ccccc1-c1[nH+]c2ccccc2s1. The van der Waals surface area contributed by atoms with Gasteiger partial charge >= 0.3 is 37.7 Å². The van der Waals surface area contributed by atoms with Crippen LogP contribution < -0.4 is 52.9 Å². The third kappa shape index (κ3) is 5.25. The Morgan fingerprint density at radius 3 is 2.17 bits per heavy atom. The molecule has 1 heterocycles. The van der Waals surface area contributed by atoms with Gasteiger partial charge in [-0.05, 0) is 12.1 Å². The van der Waals surface area contributed by atoms with Gasteiger partial charge in [0.05, 0.1) is 0 Å². The van der Waals surface area contributed by atoms with E-state index in [0.29, 0.717) is 5.39 Å². The van der Waals surface area contributed by atoms with Crippen molar-refractivity contribution in [2.24, 2.45) is 0 Å². The molecule has 1 aromatic heterocycles. The fourth-order valence-electron chi connectivity index (χ4n) is 2.82. The van der Waals surface area contributed by atoms with E-state index in [1.54, 1.807) is 41.7 Å². The van der Waals surface area contributed by atoms with Gasteiger partial charge in [0, 0.05) is 11.6 Å². The van der Waals surface area contributed by atoms with Gasteiger partial charge in [-0.25, -0.2) is 0 Å². The molecule has 0 aliphatic carbocycles. The number of para-hydroxylation sites is 2. The molecular formula is C23H15Li2NO2S. The van der Waals surface area contributed by atoms with Crippen molar-refractivity contribution in [3.8, 4) is 22.1 Å². The molecule has 0 spiro atoms. The predicted molar refractivity (Wildman–Crippen MR) is 105 cm³/mol. The van der Waals surface area contributed by atoms with Crippen LogP contribution >= 0.6 is 11.3 Å². The number of nitrogens with one attached hydrogen (secondary N) is 1. The molecular weight excluding hydrogens is 368 g/mol. The monoisotopic (exact) mass is 383 g/mol. The largest absolute Gasteiger partial charge is 1.00 e. The molecule has 3 nitrogen and oxygen atoms in total. The molecule has 0 amide bonds. The van der Waals surface area contributed by atoms with Crippen molar-refractivity contribution in [3.05, 3.63) is 91.0 Å². The summed E-state index contributed by atoms with van der Waals surface area (Å²) >= 11 is 1.61. The topological polar surface area (TPSA) is 60.3 Å². The van der Waals surface area contributed by atoms with Crippen molar-refractivity contribution < 1.29 is 52.9 Å². The van der Waals surface area contributed by atoms with Crippen LogP contribution in [0.5, 0.6) is 11.5 Å². The quantitative estimate of drug-likeness (QED) is 0.253. The standard InChI is InChI=1S/C13H9NOS.C10H7O.2Li/c15-11-7-3-1-5-9(11)13-14-10-6-2-4-8-12(10)16-13;11-10-7-3-5-8-4-1-2-6-9(8)10;;/h1-8,15H;1-5,7,11H;;/q;-1;2*+1/p-1. The normalized spacial score (nSPS) is 9.79. The van der Waals surface area contributed by atoms with Crippen molar-refractivity contribution in [1.82, 2.24) is 0 Å². The van der Waals surface area contributed by atoms with Crippen LogP contribution in [0.25, 0.3) is 31.6 Å². The number of thiazole rings is 1. The molecule has 0 bridgehead atoms. The summed E-state index contributed by atoms with van der Waals surface area (Å²) in [7, 11) is 0. The Bertz CT molecular complexity index is 1190. The molecule has 0 atom stereocenters. The van der Waals surface area contributed by atoms with Gasteiger partial charge in [-0.2, -0.15) is 16.1 Å². The Morgan fingerprint density at radius 2 is 1.41 bits per heavy atom. The van der Waals surface area contributed by atoms with Crippen molar-refractivity contribution in [1.29, 1.82) is 0 Å². The van der Waals surface area contributed by atoms with E-state index in [4.69, 9.17) is 0 Å². The summed E-state index contributed by atoms with van der Waals surface area (Å²) in [5, 5.41) is 25.4. The van der Waals surface area contributed by atoms with E-state index >= 15 is 0 Å². The number of H-pyrrole nitrogens is 1. The summed E-state index contributed by atoms with van der Waals surface area (Å²) in [5.74, 6) is 0.105. The summed E-state index contributed by atoms with van der Waals surface area (Å²) in [6.07, 6.45) is 0. The number of aromatic nitrogens is 1. The van der Waals surface area contributed by atoms with Gasteiger partial charge in [-0.15, -0.1) is 35.7 Å². The Hall–Kier alpha value is -2.18. The zero-order chi connectivity index (χ0) is 18.6. The summed E-state index contributed by atoms with van der Waals surface area (Å²) in [6.45, 7) is 0. The fraction of sp³-hybridized carbons (Fsp3) is 0. The van der Waals surface area contributed by atoms with Crippen LogP contribution in [0.2, 0.25) is 0 Å². The Balaban J connectivity index is 0.000000205. The van der Waals surface area contributed by atoms with E-state index in [0.717, 1.165) is 21.5 Å². The number of rotatable bonds is 1. The molecule has 6 heteroatoms. The van der Waals surface area contributed by atoms with E-state index in [2.05, 4.69) is 11.1 Å². The predicted octanol–water partition coefficient (Wildman–Crippen LogP) is -1.82. The van der Waals surface area contributed by atoms with Gasteiger partial charge in [-0.3, -0.25) is 0 Å². The maximum absolute atomic E-state index is 11.7. The van der Waals surface area contributed by atoms with Crippen molar-refractivity contribution >= 4 is 32.3 Å². The van der Waals surface area contributed by atoms with Crippen LogP contribution in [0.15, 0.2) is 84.9 Å². The molecule has 4 aromatic carbocycles. The summed E-state index contributed by atoms with van der Waals surface area (Å²) in [6, 6.07) is 28.8. The zero-order valence-electron chi connectivity index (χ0n) is 16.3. The number of benzene rings is 4. The van der Waals surface area contributed by atoms with Crippen molar-refractivity contribution in [2.45, 2.75) is 0 Å². The van der Waals surface area contributed by atoms with Gasteiger partial charge in [-0.1, -0.05) is 59.6 Å². The van der Waals surface area contributed by atoms with E-state index in [1.165, 1.54) is 4.70 Å². The summed E-state index contributed by atoms with van der Waals surface area (Å²) in [4.78, 5) is 3.27. The average molecular weight is 383 g/mol. The Morgan fingerprint density at radius 1 is 0.724 bits per heavy atom. The second-order valence-electron chi connectivity index (χ2n) is 5.94. The first kappa shape index (κ1) is 23.1. The molecule has 0 aliphatic heterocycles. The second-order valence-corrected chi connectivity index (χ2v) is 6.99. The first-order valence-corrected chi connectivity index (χ1v) is 9.28. The van der Waals surface area contributed by atoms with Crippen LogP contribution in [-0.4, -0.2) is 0 Å². The van der Waals surface area contributed by atoms with E-state index < -0.39 is 0 Å². The van der Waals surface area contributed by atoms with Gasteiger partial charge < -0.3 is 10.2 Å². The van der Waals surface area contributed by atoms with Crippen molar-refractivity contribution in [2.75, 3.05) is 0 Å². The molecule has 5 rings (SSSR count). The van der Waals surface area contributed by atoms with Crippen LogP contribution in [0.4, 0.5) is 0 Å². The van der Waals surface area contributed by atoms with Gasteiger partial charge in [0.2, 0.25) is 5.52 Å². The van der Waals surface area contributed by atoms with Crippen LogP contribution in [0.1, 0.15) is 0 Å². The molecule has 0 aliphatic rings. The molecule has 0 unspecified atom stereocenters. The summed E-state index contributed by atoms with van der Waals surface area (Å²) < 4.78 is 1.17. The number of fused-ring (bicyclic) bond motifs is 2. The van der Waals surface area contributed by atoms with Crippen LogP contribution in [0, 0.1) is 6.07 Å². The minimum atomic E-state index is 0. The van der Waals surface area contributed by atoms with E-state index in [-0.39, 0.29) is 49.2 Å². The fourth-order valence-corrected chi connectivity index (χ4v) is 3.85. The van der Waals surface area contributed by atoms with Crippen LogP contribution in [-0.2, 0) is 0 Å². The smallest absolute Gasteiger partial charge is 0.914 e. The molecule has 0 saturated carbocycles. The minimum absolute atomic E-state index is 0. The molecule has 29 heavy (non-hydrogen) atoms. The van der Waals surface area contributed by atoms with Crippen LogP contribution in [0.3, 0.4) is 0 Å². The maximum atomic E-state index is 11.7. The number of hydrogen-bond acceptors (Lipinski definition) is 3. The molecule has 0 saturated heterocycles. The Kier molecular flexibility index (Phi) is 8.41. The first-order chi connectivity index (χ1) is 13.2. The second kappa shape index (κ2) is 10.6. The third-order valence-corrected chi connectivity index (χ3v) is 5.24. The van der Waals surface area contributed by atoms with E-state index in [1.807, 2.05) is 54.6 Å². The zero-order valence-corrected chi connectivity index (χ0v) is 17.1. The van der Waals surface area contributed by atoms with Gasteiger partial charge in [0.1, 0.15) is 4.70 Å². The number of aromatic amines is 1.